The molecule has 0 spiro atoms. The highest BCUT2D eigenvalue weighted by Crippen LogP contribution is 2.26. The Kier molecular flexibility index (Phi) is 7.48. The van der Waals surface area contributed by atoms with Crippen LogP contribution >= 0.6 is 0 Å². The molecule has 9 heteroatoms. The van der Waals surface area contributed by atoms with E-state index < -0.39 is 0 Å². The van der Waals surface area contributed by atoms with E-state index >= 15 is 0 Å². The lowest BCUT2D eigenvalue weighted by atomic mass is 10.0. The maximum atomic E-state index is 13.0. The molecule has 0 bridgehead atoms. The van der Waals surface area contributed by atoms with Crippen molar-refractivity contribution in [3.63, 3.8) is 0 Å². The molecule has 1 atom stereocenters. The molecule has 2 heterocycles. The Labute approximate surface area is 204 Å². The average Bonchev–Trinajstić information content (AvgIpc) is 3.34. The zero-order valence-electron chi connectivity index (χ0n) is 20.3. The number of nitrogens with zero attached hydrogens (tertiary/aromatic N) is 3. The maximum Gasteiger partial charge on any atom is 0.254 e. The molecule has 3 aromatic rings. The lowest BCUT2D eigenvalue weighted by molar-refractivity contribution is 0.0533. The van der Waals surface area contributed by atoms with Crippen LogP contribution in [0.1, 0.15) is 28.6 Å². The topological polar surface area (TPSA) is 118 Å². The predicted molar refractivity (Wildman–Crippen MR) is 134 cm³/mol. The Hall–Kier alpha value is -3.69. The molecule has 35 heavy (non-hydrogen) atoms. The molecule has 184 valence electrons. The second kappa shape index (κ2) is 10.7. The Balaban J connectivity index is 1.45. The molecule has 1 amide bonds. The van der Waals surface area contributed by atoms with Crippen molar-refractivity contribution in [2.45, 2.75) is 13.0 Å². The summed E-state index contributed by atoms with van der Waals surface area (Å²) in [6.07, 6.45) is 0. The smallest absolute Gasteiger partial charge is 0.254 e. The predicted octanol–water partition coefficient (Wildman–Crippen LogP) is 3.14. The van der Waals surface area contributed by atoms with Crippen molar-refractivity contribution in [2.75, 3.05) is 52.7 Å². The maximum absolute atomic E-state index is 13.0. The van der Waals surface area contributed by atoms with Gasteiger partial charge in [0.2, 0.25) is 0 Å². The molecule has 9 nitrogen and oxygen atoms in total. The number of carbonyl (C=O) groups is 1. The zero-order chi connectivity index (χ0) is 24.9. The van der Waals surface area contributed by atoms with Gasteiger partial charge in [-0.3, -0.25) is 10.2 Å². The first-order valence-corrected chi connectivity index (χ1v) is 11.5. The van der Waals surface area contributed by atoms with Crippen LogP contribution in [0.5, 0.6) is 5.75 Å². The molecule has 1 aromatic heterocycles. The molecular formula is C26H31N5O4. The van der Waals surface area contributed by atoms with Crippen LogP contribution in [0.15, 0.2) is 53.1 Å². The molecule has 0 radical (unpaired) electrons. The minimum absolute atomic E-state index is 0.0323. The first-order chi connectivity index (χ1) is 16.9. The van der Waals surface area contributed by atoms with Gasteiger partial charge in [0.05, 0.1) is 6.61 Å². The quantitative estimate of drug-likeness (QED) is 0.291. The van der Waals surface area contributed by atoms with E-state index in [2.05, 4.69) is 24.0 Å². The number of methoxy groups -OCH3 is 1. The number of aromatic nitrogens is 1. The van der Waals surface area contributed by atoms with Crippen LogP contribution in [-0.4, -0.2) is 79.6 Å². The molecule has 0 saturated carbocycles. The van der Waals surface area contributed by atoms with Gasteiger partial charge in [-0.05, 0) is 38.2 Å². The van der Waals surface area contributed by atoms with Crippen molar-refractivity contribution >= 4 is 17.3 Å². The third-order valence-corrected chi connectivity index (χ3v) is 6.12. The van der Waals surface area contributed by atoms with E-state index in [-0.39, 0.29) is 17.7 Å². The number of amides is 1. The second-order valence-electron chi connectivity index (χ2n) is 8.73. The monoisotopic (exact) mass is 477 g/mol. The van der Waals surface area contributed by atoms with Crippen molar-refractivity contribution in [3.05, 3.63) is 65.4 Å². The van der Waals surface area contributed by atoms with Gasteiger partial charge in [0.1, 0.15) is 23.8 Å². The lowest BCUT2D eigenvalue weighted by Gasteiger charge is -2.38. The number of piperazine rings is 1. The molecule has 1 aliphatic rings. The highest BCUT2D eigenvalue weighted by Gasteiger charge is 2.26. The minimum Gasteiger partial charge on any atom is -0.491 e. The van der Waals surface area contributed by atoms with Crippen LogP contribution in [0.25, 0.3) is 11.3 Å². The summed E-state index contributed by atoms with van der Waals surface area (Å²) in [5, 5.41) is 12.7. The number of nitrogen functional groups attached to an aromatic ring is 1. The summed E-state index contributed by atoms with van der Waals surface area (Å²) in [5.74, 6) is 0.936. The Morgan fingerprint density at radius 2 is 1.94 bits per heavy atom. The van der Waals surface area contributed by atoms with Crippen molar-refractivity contribution in [2.24, 2.45) is 0 Å². The summed E-state index contributed by atoms with van der Waals surface area (Å²) in [6.45, 7) is 5.42. The van der Waals surface area contributed by atoms with Gasteiger partial charge in [-0.1, -0.05) is 17.3 Å². The Bertz CT molecular complexity index is 1190. The van der Waals surface area contributed by atoms with Gasteiger partial charge in [-0.25, -0.2) is 0 Å². The van der Waals surface area contributed by atoms with Gasteiger partial charge in [-0.15, -0.1) is 0 Å². The van der Waals surface area contributed by atoms with E-state index in [1.54, 1.807) is 31.4 Å². The van der Waals surface area contributed by atoms with Crippen molar-refractivity contribution < 1.29 is 18.8 Å². The van der Waals surface area contributed by atoms with Crippen molar-refractivity contribution in [3.8, 4) is 17.0 Å². The number of hydrogen-bond acceptors (Lipinski definition) is 8. The highest BCUT2D eigenvalue weighted by atomic mass is 16.5. The largest absolute Gasteiger partial charge is 0.491 e. The molecule has 3 N–H and O–H groups in total. The number of carbonyl (C=O) groups excluding carboxylic acids is 1. The summed E-state index contributed by atoms with van der Waals surface area (Å²) in [5.41, 5.74) is 9.22. The number of ether oxygens (including phenoxy) is 2. The van der Waals surface area contributed by atoms with Crippen LogP contribution < -0.4 is 10.5 Å². The third kappa shape index (κ3) is 5.52. The normalized spacial score (nSPS) is 16.3. The summed E-state index contributed by atoms with van der Waals surface area (Å²) < 4.78 is 16.0. The van der Waals surface area contributed by atoms with Crippen LogP contribution in [0.4, 0.5) is 5.69 Å². The molecule has 4 rings (SSSR count). The zero-order valence-corrected chi connectivity index (χ0v) is 20.3. The third-order valence-electron chi connectivity index (χ3n) is 6.12. The van der Waals surface area contributed by atoms with Crippen LogP contribution in [0.2, 0.25) is 0 Å². The van der Waals surface area contributed by atoms with Crippen molar-refractivity contribution in [1.29, 1.82) is 5.41 Å². The van der Waals surface area contributed by atoms with E-state index in [9.17, 15) is 4.79 Å². The van der Waals surface area contributed by atoms with Crippen LogP contribution in [0, 0.1) is 5.41 Å². The molecule has 1 fully saturated rings. The van der Waals surface area contributed by atoms with Gasteiger partial charge in [-0.2, -0.15) is 0 Å². The first-order valence-electron chi connectivity index (χ1n) is 11.5. The van der Waals surface area contributed by atoms with Gasteiger partial charge in [0.15, 0.2) is 5.76 Å². The molecule has 0 unspecified atom stereocenters. The summed E-state index contributed by atoms with van der Waals surface area (Å²) in [6, 6.07) is 14.3. The number of rotatable bonds is 8. The molecule has 2 aromatic carbocycles. The lowest BCUT2D eigenvalue weighted by Crippen LogP contribution is -2.52. The number of benzene rings is 2. The average molecular weight is 478 g/mol. The van der Waals surface area contributed by atoms with E-state index in [0.29, 0.717) is 47.2 Å². The summed E-state index contributed by atoms with van der Waals surface area (Å²) >= 11 is 0. The number of nitrogens with one attached hydrogen (secondary N) is 1. The van der Waals surface area contributed by atoms with E-state index in [1.807, 2.05) is 29.2 Å². The minimum atomic E-state index is 0.0323. The van der Waals surface area contributed by atoms with Gasteiger partial charge in [0.25, 0.3) is 5.91 Å². The summed E-state index contributed by atoms with van der Waals surface area (Å²) in [4.78, 5) is 17.1. The first kappa shape index (κ1) is 24.4. The standard InChI is InChI=1S/C26H31N5O4/c1-17-16-30(2)10-11-31(17)26(32)19-6-4-18(5-7-19)23-15-24(35-29-23)25(28)21-9-8-20(14-22(21)27)34-13-12-33-3/h4-9,14-15,17,28H,10-13,16,27H2,1-3H3/t17-/m0/s1. The van der Waals surface area contributed by atoms with E-state index in [4.69, 9.17) is 25.1 Å². The van der Waals surface area contributed by atoms with E-state index in [0.717, 1.165) is 25.2 Å². The number of hydrogen-bond donors (Lipinski definition) is 2. The fraction of sp³-hybridized carbons (Fsp3) is 0.346. The summed E-state index contributed by atoms with van der Waals surface area (Å²) in [7, 11) is 3.68. The molecule has 0 aliphatic carbocycles. The van der Waals surface area contributed by atoms with Crippen molar-refractivity contribution in [1.82, 2.24) is 15.0 Å². The second-order valence-corrected chi connectivity index (χ2v) is 8.73. The number of likely N-dealkylation sites (N-methyl/N-ethyl adjacent to an activating group) is 1. The Morgan fingerprint density at radius 1 is 1.17 bits per heavy atom. The molecule has 1 aliphatic heterocycles. The highest BCUT2D eigenvalue weighted by molar-refractivity contribution is 6.12. The van der Waals surface area contributed by atoms with E-state index in [1.165, 1.54) is 0 Å². The molecule has 1 saturated heterocycles. The number of nitrogens with two attached hydrogens (primary N) is 1. The van der Waals surface area contributed by atoms with Gasteiger partial charge < -0.3 is 29.5 Å². The fourth-order valence-corrected chi connectivity index (χ4v) is 4.15. The van der Waals surface area contributed by atoms with Crippen LogP contribution in [-0.2, 0) is 4.74 Å². The fourth-order valence-electron chi connectivity index (χ4n) is 4.15. The Morgan fingerprint density at radius 3 is 2.63 bits per heavy atom. The van der Waals surface area contributed by atoms with Gasteiger partial charge in [0, 0.05) is 67.3 Å². The van der Waals surface area contributed by atoms with Crippen LogP contribution in [0.3, 0.4) is 0 Å². The molecular weight excluding hydrogens is 446 g/mol. The number of anilines is 1. The van der Waals surface area contributed by atoms with Gasteiger partial charge >= 0.3 is 0 Å². The SMILES string of the molecule is COCCOc1ccc(C(=N)c2cc(-c3ccc(C(=O)N4CCN(C)C[C@@H]4C)cc3)no2)c(N)c1.